The van der Waals surface area contributed by atoms with E-state index in [4.69, 9.17) is 0 Å². The Labute approximate surface area is 110 Å². The Morgan fingerprint density at radius 1 is 1.22 bits per heavy atom. The Morgan fingerprint density at radius 2 is 1.94 bits per heavy atom. The molecule has 3 atom stereocenters. The van der Waals surface area contributed by atoms with Crippen LogP contribution in [0.1, 0.15) is 38.5 Å². The van der Waals surface area contributed by atoms with Gasteiger partial charge in [0, 0.05) is 13.6 Å². The van der Waals surface area contributed by atoms with Gasteiger partial charge in [0.1, 0.15) is 0 Å². The van der Waals surface area contributed by atoms with E-state index in [1.807, 2.05) is 11.9 Å². The number of hydrogen-bond acceptors (Lipinski definition) is 3. The molecular formula is C14H26N2O2. The number of nitrogens with zero attached hydrogens (tertiary/aromatic N) is 2. The van der Waals surface area contributed by atoms with Crippen molar-refractivity contribution in [2.45, 2.75) is 50.7 Å². The van der Waals surface area contributed by atoms with Crippen LogP contribution in [0.3, 0.4) is 0 Å². The average molecular weight is 254 g/mol. The molecule has 4 nitrogen and oxygen atoms in total. The summed E-state index contributed by atoms with van der Waals surface area (Å²) in [6.45, 7) is 1.96. The Hall–Kier alpha value is -0.610. The highest BCUT2D eigenvalue weighted by molar-refractivity contribution is 5.79. The molecule has 1 aliphatic heterocycles. The molecule has 4 heteroatoms. The maximum absolute atomic E-state index is 12.5. The number of rotatable bonds is 2. The minimum Gasteiger partial charge on any atom is -0.391 e. The second kappa shape index (κ2) is 6.02. The van der Waals surface area contributed by atoms with Crippen molar-refractivity contribution >= 4 is 5.91 Å². The summed E-state index contributed by atoms with van der Waals surface area (Å²) in [5.74, 6) is 0.357. The summed E-state index contributed by atoms with van der Waals surface area (Å²) in [7, 11) is 3.95. The fourth-order valence-electron chi connectivity index (χ4n) is 3.36. The molecule has 2 fully saturated rings. The monoisotopic (exact) mass is 254 g/mol. The predicted molar refractivity (Wildman–Crippen MR) is 71.3 cm³/mol. The van der Waals surface area contributed by atoms with Crippen LogP contribution in [0.5, 0.6) is 0 Å². The second-order valence-electron chi connectivity index (χ2n) is 5.97. The lowest BCUT2D eigenvalue weighted by molar-refractivity contribution is -0.141. The van der Waals surface area contributed by atoms with Gasteiger partial charge in [-0.2, -0.15) is 0 Å². The topological polar surface area (TPSA) is 43.8 Å². The van der Waals surface area contributed by atoms with E-state index in [9.17, 15) is 9.90 Å². The molecule has 0 aromatic rings. The first kappa shape index (κ1) is 13.8. The SMILES string of the molecule is CN1CCCC(C(=O)N(C)[C@@H]2CCCC[C@H]2O)C1. The van der Waals surface area contributed by atoms with E-state index in [2.05, 4.69) is 11.9 Å². The zero-order valence-electron chi connectivity index (χ0n) is 11.6. The third kappa shape index (κ3) is 3.04. The molecule has 2 rings (SSSR count). The summed E-state index contributed by atoms with van der Waals surface area (Å²) >= 11 is 0. The highest BCUT2D eigenvalue weighted by Gasteiger charge is 2.33. The van der Waals surface area contributed by atoms with E-state index in [1.54, 1.807) is 0 Å². The van der Waals surface area contributed by atoms with Crippen LogP contribution >= 0.6 is 0 Å². The third-order valence-electron chi connectivity index (χ3n) is 4.51. The molecule has 0 spiro atoms. The molecule has 0 bridgehead atoms. The van der Waals surface area contributed by atoms with Gasteiger partial charge in [-0.15, -0.1) is 0 Å². The van der Waals surface area contributed by atoms with E-state index >= 15 is 0 Å². The Morgan fingerprint density at radius 3 is 2.61 bits per heavy atom. The van der Waals surface area contributed by atoms with E-state index < -0.39 is 0 Å². The van der Waals surface area contributed by atoms with Gasteiger partial charge in [0.15, 0.2) is 0 Å². The van der Waals surface area contributed by atoms with Gasteiger partial charge in [-0.3, -0.25) is 4.79 Å². The van der Waals surface area contributed by atoms with Crippen LogP contribution in [-0.2, 0) is 4.79 Å². The zero-order chi connectivity index (χ0) is 13.1. The van der Waals surface area contributed by atoms with Gasteiger partial charge in [-0.25, -0.2) is 0 Å². The molecule has 2 aliphatic rings. The van der Waals surface area contributed by atoms with Crippen molar-refractivity contribution in [3.05, 3.63) is 0 Å². The molecule has 18 heavy (non-hydrogen) atoms. The fourth-order valence-corrected chi connectivity index (χ4v) is 3.36. The van der Waals surface area contributed by atoms with Crippen molar-refractivity contribution in [3.63, 3.8) is 0 Å². The van der Waals surface area contributed by atoms with Gasteiger partial charge in [0.05, 0.1) is 18.1 Å². The minimum absolute atomic E-state index is 0.0403. The molecule has 104 valence electrons. The average Bonchev–Trinajstić information content (AvgIpc) is 2.37. The van der Waals surface area contributed by atoms with Crippen LogP contribution in [0.25, 0.3) is 0 Å². The molecule has 1 heterocycles. The predicted octanol–water partition coefficient (Wildman–Crippen LogP) is 1.09. The molecule has 1 aliphatic carbocycles. The molecule has 1 N–H and O–H groups in total. The molecule has 0 aromatic heterocycles. The smallest absolute Gasteiger partial charge is 0.227 e. The van der Waals surface area contributed by atoms with Crippen LogP contribution in [0.15, 0.2) is 0 Å². The van der Waals surface area contributed by atoms with E-state index in [-0.39, 0.29) is 24.0 Å². The lowest BCUT2D eigenvalue weighted by Crippen LogP contribution is -2.50. The Bertz CT molecular complexity index is 296. The molecule has 0 aromatic carbocycles. The van der Waals surface area contributed by atoms with Crippen LogP contribution in [-0.4, -0.2) is 60.1 Å². The van der Waals surface area contributed by atoms with Crippen molar-refractivity contribution in [1.29, 1.82) is 0 Å². The second-order valence-corrected chi connectivity index (χ2v) is 5.97. The van der Waals surface area contributed by atoms with Crippen molar-refractivity contribution in [2.24, 2.45) is 5.92 Å². The van der Waals surface area contributed by atoms with Gasteiger partial charge in [0.2, 0.25) is 5.91 Å². The Kier molecular flexibility index (Phi) is 4.62. The van der Waals surface area contributed by atoms with Crippen LogP contribution < -0.4 is 0 Å². The van der Waals surface area contributed by atoms with Crippen molar-refractivity contribution in [2.75, 3.05) is 27.2 Å². The normalized spacial score (nSPS) is 34.3. The maximum Gasteiger partial charge on any atom is 0.227 e. The van der Waals surface area contributed by atoms with Gasteiger partial charge < -0.3 is 14.9 Å². The van der Waals surface area contributed by atoms with Crippen LogP contribution in [0, 0.1) is 5.92 Å². The number of carbonyl (C=O) groups is 1. The summed E-state index contributed by atoms with van der Waals surface area (Å²) in [6.07, 6.45) is 5.79. The van der Waals surface area contributed by atoms with Crippen LogP contribution in [0.2, 0.25) is 0 Å². The van der Waals surface area contributed by atoms with E-state index in [0.717, 1.165) is 51.6 Å². The van der Waals surface area contributed by atoms with Crippen LogP contribution in [0.4, 0.5) is 0 Å². The first-order valence-corrected chi connectivity index (χ1v) is 7.23. The van der Waals surface area contributed by atoms with Gasteiger partial charge in [-0.05, 0) is 39.3 Å². The zero-order valence-corrected chi connectivity index (χ0v) is 11.6. The highest BCUT2D eigenvalue weighted by atomic mass is 16.3. The lowest BCUT2D eigenvalue weighted by atomic mass is 9.90. The van der Waals surface area contributed by atoms with E-state index in [0.29, 0.717) is 0 Å². The maximum atomic E-state index is 12.5. The molecule has 1 amide bonds. The standard InChI is InChI=1S/C14H26N2O2/c1-15-9-5-6-11(10-15)14(18)16(2)12-7-3-4-8-13(12)17/h11-13,17H,3-10H2,1-2H3/t11?,12-,13-/m1/s1. The summed E-state index contributed by atoms with van der Waals surface area (Å²) in [5.41, 5.74) is 0. The number of aliphatic hydroxyl groups is 1. The quantitative estimate of drug-likeness (QED) is 0.802. The minimum atomic E-state index is -0.325. The van der Waals surface area contributed by atoms with Gasteiger partial charge >= 0.3 is 0 Å². The summed E-state index contributed by atoms with van der Waals surface area (Å²) in [6, 6.07) is 0.0403. The van der Waals surface area contributed by atoms with Crippen molar-refractivity contribution in [3.8, 4) is 0 Å². The largest absolute Gasteiger partial charge is 0.391 e. The highest BCUT2D eigenvalue weighted by Crippen LogP contribution is 2.25. The molecule has 0 radical (unpaired) electrons. The molecular weight excluding hydrogens is 228 g/mol. The summed E-state index contributed by atoms with van der Waals surface area (Å²) in [4.78, 5) is 16.5. The van der Waals surface area contributed by atoms with E-state index in [1.165, 1.54) is 0 Å². The third-order valence-corrected chi connectivity index (χ3v) is 4.51. The lowest BCUT2D eigenvalue weighted by Gasteiger charge is -2.38. The number of likely N-dealkylation sites (tertiary alicyclic amines) is 1. The fraction of sp³-hybridized carbons (Fsp3) is 0.929. The van der Waals surface area contributed by atoms with Crippen molar-refractivity contribution < 1.29 is 9.90 Å². The first-order chi connectivity index (χ1) is 8.59. The van der Waals surface area contributed by atoms with Gasteiger partial charge in [-0.1, -0.05) is 12.8 Å². The Balaban J connectivity index is 1.94. The number of amides is 1. The summed E-state index contributed by atoms with van der Waals surface area (Å²) in [5, 5.41) is 10.0. The molecule has 1 unspecified atom stereocenters. The van der Waals surface area contributed by atoms with Gasteiger partial charge in [0.25, 0.3) is 0 Å². The number of hydrogen-bond donors (Lipinski definition) is 1. The molecule has 1 saturated carbocycles. The number of carbonyl (C=O) groups excluding carboxylic acids is 1. The first-order valence-electron chi connectivity index (χ1n) is 7.23. The number of piperidine rings is 1. The van der Waals surface area contributed by atoms with Crippen molar-refractivity contribution in [1.82, 2.24) is 9.80 Å². The summed E-state index contributed by atoms with van der Waals surface area (Å²) < 4.78 is 0. The number of likely N-dealkylation sites (N-methyl/N-ethyl adjacent to an activating group) is 1. The number of aliphatic hydroxyl groups excluding tert-OH is 1. The molecule has 1 saturated heterocycles.